The van der Waals surface area contributed by atoms with Crippen molar-refractivity contribution in [1.29, 1.82) is 0 Å². The molecule has 1 N–H and O–H groups in total. The topological polar surface area (TPSA) is 88.8 Å². The van der Waals surface area contributed by atoms with Crippen molar-refractivity contribution in [3.05, 3.63) is 54.0 Å². The Hall–Kier alpha value is -3.09. The number of ether oxygens (including phenoxy) is 1. The number of likely N-dealkylation sites (tertiary alicyclic amines) is 1. The van der Waals surface area contributed by atoms with Crippen LogP contribution in [0.1, 0.15) is 24.7 Å². The maximum Gasteiger partial charge on any atom is 0.311 e. The van der Waals surface area contributed by atoms with Crippen molar-refractivity contribution in [2.75, 3.05) is 18.5 Å². The highest BCUT2D eigenvalue weighted by molar-refractivity contribution is 5.94. The monoisotopic (exact) mass is 370 g/mol. The minimum atomic E-state index is -0.566. The fourth-order valence-electron chi connectivity index (χ4n) is 3.06. The Bertz CT molecular complexity index is 816. The lowest BCUT2D eigenvalue weighted by Crippen LogP contribution is -2.28. The first-order valence-electron chi connectivity index (χ1n) is 8.91. The maximum absolute atomic E-state index is 12.2. The van der Waals surface area contributed by atoms with Gasteiger partial charge in [0.2, 0.25) is 5.91 Å². The van der Waals surface area contributed by atoms with Gasteiger partial charge in [0.15, 0.2) is 6.61 Å². The Labute approximate surface area is 157 Å². The molecule has 2 aromatic rings. The summed E-state index contributed by atoms with van der Waals surface area (Å²) in [4.78, 5) is 37.9. The fourth-order valence-corrected chi connectivity index (χ4v) is 3.06. The Balaban J connectivity index is 1.47. The van der Waals surface area contributed by atoms with Crippen LogP contribution in [-0.4, -0.2) is 35.8 Å². The molecule has 0 unspecified atom stereocenters. The first kappa shape index (κ1) is 18.7. The van der Waals surface area contributed by atoms with Crippen molar-refractivity contribution in [2.24, 2.45) is 5.92 Å². The Morgan fingerprint density at radius 1 is 1.26 bits per heavy atom. The second-order valence-corrected chi connectivity index (χ2v) is 6.42. The molecule has 0 spiro atoms. The Morgan fingerprint density at radius 3 is 2.81 bits per heavy atom. The van der Waals surface area contributed by atoms with E-state index in [2.05, 4.69) is 5.32 Å². The van der Waals surface area contributed by atoms with Crippen molar-refractivity contribution in [3.8, 4) is 0 Å². The van der Waals surface area contributed by atoms with Gasteiger partial charge >= 0.3 is 5.97 Å². The summed E-state index contributed by atoms with van der Waals surface area (Å²) in [6, 6.07) is 11.0. The molecule has 27 heavy (non-hydrogen) atoms. The minimum Gasteiger partial charge on any atom is -0.467 e. The number of aryl methyl sites for hydroxylation is 1. The number of amides is 2. The van der Waals surface area contributed by atoms with Gasteiger partial charge in [-0.1, -0.05) is 25.1 Å². The van der Waals surface area contributed by atoms with Gasteiger partial charge in [-0.3, -0.25) is 14.4 Å². The van der Waals surface area contributed by atoms with Gasteiger partial charge in [-0.15, -0.1) is 0 Å². The van der Waals surface area contributed by atoms with Crippen LogP contribution in [0.5, 0.6) is 0 Å². The molecule has 2 heterocycles. The van der Waals surface area contributed by atoms with Crippen LogP contribution in [0.25, 0.3) is 0 Å². The Kier molecular flexibility index (Phi) is 5.90. The summed E-state index contributed by atoms with van der Waals surface area (Å²) in [5.74, 6) is -0.977. The number of rotatable bonds is 7. The summed E-state index contributed by atoms with van der Waals surface area (Å²) >= 11 is 0. The summed E-state index contributed by atoms with van der Waals surface area (Å²) in [5, 5.41) is 2.75. The number of hydrogen-bond donors (Lipinski definition) is 1. The highest BCUT2D eigenvalue weighted by Crippen LogP contribution is 2.21. The van der Waals surface area contributed by atoms with Gasteiger partial charge < -0.3 is 19.4 Å². The molecule has 1 fully saturated rings. The van der Waals surface area contributed by atoms with Crippen LogP contribution in [0.3, 0.4) is 0 Å². The number of hydrogen-bond acceptors (Lipinski definition) is 5. The first-order valence-corrected chi connectivity index (χ1v) is 8.91. The summed E-state index contributed by atoms with van der Waals surface area (Å²) < 4.78 is 10.3. The molecule has 142 valence electrons. The zero-order valence-corrected chi connectivity index (χ0v) is 15.1. The van der Waals surface area contributed by atoms with Crippen molar-refractivity contribution in [2.45, 2.75) is 26.3 Å². The molecule has 0 bridgehead atoms. The number of nitrogens with one attached hydrogen (secondary N) is 1. The Morgan fingerprint density at radius 2 is 2.07 bits per heavy atom. The lowest BCUT2D eigenvalue weighted by atomic mass is 10.1. The van der Waals surface area contributed by atoms with Gasteiger partial charge in [0.05, 0.1) is 18.7 Å². The molecule has 1 aromatic heterocycles. The van der Waals surface area contributed by atoms with E-state index in [1.165, 1.54) is 6.26 Å². The molecule has 7 heteroatoms. The molecule has 0 radical (unpaired) electrons. The number of carbonyl (C=O) groups is 3. The van der Waals surface area contributed by atoms with Crippen LogP contribution >= 0.6 is 0 Å². The number of para-hydroxylation sites is 1. The highest BCUT2D eigenvalue weighted by Gasteiger charge is 2.35. The van der Waals surface area contributed by atoms with Crippen LogP contribution in [-0.2, 0) is 32.1 Å². The number of furan rings is 1. The molecule has 1 saturated heterocycles. The number of carbonyl (C=O) groups excluding carboxylic acids is 3. The molecule has 1 aliphatic heterocycles. The van der Waals surface area contributed by atoms with E-state index >= 15 is 0 Å². The van der Waals surface area contributed by atoms with Crippen molar-refractivity contribution < 1.29 is 23.5 Å². The van der Waals surface area contributed by atoms with Gasteiger partial charge in [0.1, 0.15) is 5.76 Å². The van der Waals surface area contributed by atoms with Crippen LogP contribution in [0.2, 0.25) is 0 Å². The summed E-state index contributed by atoms with van der Waals surface area (Å²) in [6.07, 6.45) is 2.41. The normalized spacial score (nSPS) is 16.4. The number of anilines is 1. The molecule has 2 amide bonds. The second kappa shape index (κ2) is 8.53. The standard InChI is InChI=1S/C20H22N2O5/c1-2-14-6-3-4-8-17(14)21-18(23)13-27-20(25)15-10-19(24)22(11-15)12-16-7-5-9-26-16/h3-9,15H,2,10-13H2,1H3,(H,21,23)/t15-/m1/s1. The van der Waals surface area contributed by atoms with E-state index in [1.54, 1.807) is 23.1 Å². The third-order valence-electron chi connectivity index (χ3n) is 4.49. The maximum atomic E-state index is 12.2. The molecular weight excluding hydrogens is 348 g/mol. The van der Waals surface area contributed by atoms with Crippen molar-refractivity contribution in [1.82, 2.24) is 4.90 Å². The van der Waals surface area contributed by atoms with Gasteiger partial charge in [-0.05, 0) is 30.2 Å². The SMILES string of the molecule is CCc1ccccc1NC(=O)COC(=O)[C@@H]1CC(=O)N(Cc2ccco2)C1. The number of esters is 1. The molecule has 0 saturated carbocycles. The molecule has 1 aromatic carbocycles. The van der Waals surface area contributed by atoms with Crippen LogP contribution in [0.4, 0.5) is 5.69 Å². The average molecular weight is 370 g/mol. The second-order valence-electron chi connectivity index (χ2n) is 6.42. The van der Waals surface area contributed by atoms with Crippen LogP contribution in [0, 0.1) is 5.92 Å². The quantitative estimate of drug-likeness (QED) is 0.756. The van der Waals surface area contributed by atoms with E-state index in [4.69, 9.17) is 9.15 Å². The third kappa shape index (κ3) is 4.75. The molecule has 1 aliphatic rings. The van der Waals surface area contributed by atoms with E-state index in [0.717, 1.165) is 12.0 Å². The van der Waals surface area contributed by atoms with E-state index in [1.807, 2.05) is 25.1 Å². The first-order chi connectivity index (χ1) is 13.1. The van der Waals surface area contributed by atoms with Crippen LogP contribution < -0.4 is 5.32 Å². The lowest BCUT2D eigenvalue weighted by molar-refractivity contribution is -0.151. The predicted octanol–water partition coefficient (Wildman–Crippen LogP) is 2.37. The fraction of sp³-hybridized carbons (Fsp3) is 0.350. The summed E-state index contributed by atoms with van der Waals surface area (Å²) in [7, 11) is 0. The van der Waals surface area contributed by atoms with Gasteiger partial charge in [-0.25, -0.2) is 0 Å². The number of nitrogens with zero attached hydrogens (tertiary/aromatic N) is 1. The largest absolute Gasteiger partial charge is 0.467 e. The van der Waals surface area contributed by atoms with Gasteiger partial charge in [-0.2, -0.15) is 0 Å². The minimum absolute atomic E-state index is 0.0832. The molecule has 3 rings (SSSR count). The summed E-state index contributed by atoms with van der Waals surface area (Å²) in [5.41, 5.74) is 1.72. The van der Waals surface area contributed by atoms with E-state index in [-0.39, 0.29) is 25.5 Å². The highest BCUT2D eigenvalue weighted by atomic mass is 16.5. The van der Waals surface area contributed by atoms with E-state index in [0.29, 0.717) is 18.0 Å². The zero-order chi connectivity index (χ0) is 19.2. The van der Waals surface area contributed by atoms with Crippen molar-refractivity contribution >= 4 is 23.5 Å². The molecule has 1 atom stereocenters. The van der Waals surface area contributed by atoms with Gasteiger partial charge in [0, 0.05) is 18.7 Å². The average Bonchev–Trinajstić information content (AvgIpc) is 3.31. The molecular formula is C20H22N2O5. The number of benzene rings is 1. The third-order valence-corrected chi connectivity index (χ3v) is 4.49. The van der Waals surface area contributed by atoms with E-state index < -0.39 is 17.8 Å². The zero-order valence-electron chi connectivity index (χ0n) is 15.1. The predicted molar refractivity (Wildman–Crippen MR) is 97.6 cm³/mol. The van der Waals surface area contributed by atoms with Crippen molar-refractivity contribution in [3.63, 3.8) is 0 Å². The smallest absolute Gasteiger partial charge is 0.311 e. The molecule has 0 aliphatic carbocycles. The van der Waals surface area contributed by atoms with Crippen LogP contribution in [0.15, 0.2) is 47.1 Å². The summed E-state index contributed by atoms with van der Waals surface area (Å²) in [6.45, 7) is 2.21. The van der Waals surface area contributed by atoms with Gasteiger partial charge in [0.25, 0.3) is 5.91 Å². The van der Waals surface area contributed by atoms with E-state index in [9.17, 15) is 14.4 Å². The lowest BCUT2D eigenvalue weighted by Gasteiger charge is -2.15. The molecule has 7 nitrogen and oxygen atoms in total.